The van der Waals surface area contributed by atoms with Gasteiger partial charge < -0.3 is 14.9 Å². The molecule has 1 saturated carbocycles. The summed E-state index contributed by atoms with van der Waals surface area (Å²) in [4.78, 5) is 26.4. The maximum atomic E-state index is 12.3. The number of aliphatic carboxylic acids is 1. The summed E-state index contributed by atoms with van der Waals surface area (Å²) in [6.45, 7) is 0.228. The maximum absolute atomic E-state index is 12.3. The van der Waals surface area contributed by atoms with Crippen molar-refractivity contribution in [2.45, 2.75) is 44.1 Å². The molecule has 0 aliphatic heterocycles. The fourth-order valence-electron chi connectivity index (χ4n) is 2.79. The Morgan fingerprint density at radius 2 is 1.84 bits per heavy atom. The van der Waals surface area contributed by atoms with Crippen molar-refractivity contribution in [1.29, 1.82) is 0 Å². The molecule has 0 aromatic carbocycles. The Kier molecular flexibility index (Phi) is 5.22. The summed E-state index contributed by atoms with van der Waals surface area (Å²) >= 11 is 0. The second-order valence-electron chi connectivity index (χ2n) is 5.26. The number of terminal acetylenes is 1. The van der Waals surface area contributed by atoms with E-state index >= 15 is 0 Å². The Labute approximate surface area is 114 Å². The molecule has 0 heterocycles. The van der Waals surface area contributed by atoms with Gasteiger partial charge in [-0.1, -0.05) is 25.2 Å². The molecule has 0 bridgehead atoms. The number of hydrogen-bond acceptors (Lipinski definition) is 2. The van der Waals surface area contributed by atoms with Crippen molar-refractivity contribution in [2.75, 3.05) is 20.6 Å². The van der Waals surface area contributed by atoms with Gasteiger partial charge in [0, 0.05) is 14.1 Å². The predicted molar refractivity (Wildman–Crippen MR) is 72.7 cm³/mol. The van der Waals surface area contributed by atoms with Gasteiger partial charge in [-0.05, 0) is 12.8 Å². The van der Waals surface area contributed by atoms with Crippen LogP contribution in [-0.2, 0) is 4.79 Å². The van der Waals surface area contributed by atoms with Crippen molar-refractivity contribution in [1.82, 2.24) is 9.80 Å². The van der Waals surface area contributed by atoms with Crippen LogP contribution in [-0.4, -0.2) is 53.1 Å². The number of carboxylic acids is 1. The average Bonchev–Trinajstić information content (AvgIpc) is 2.37. The van der Waals surface area contributed by atoms with Crippen LogP contribution in [0.15, 0.2) is 0 Å². The van der Waals surface area contributed by atoms with Gasteiger partial charge in [0.15, 0.2) is 0 Å². The van der Waals surface area contributed by atoms with E-state index in [0.29, 0.717) is 0 Å². The lowest BCUT2D eigenvalue weighted by Gasteiger charge is -2.44. The Bertz CT molecular complexity index is 381. The Hall–Kier alpha value is -1.70. The van der Waals surface area contributed by atoms with Crippen LogP contribution < -0.4 is 0 Å². The summed E-state index contributed by atoms with van der Waals surface area (Å²) in [5.74, 6) is 1.56. The van der Waals surface area contributed by atoms with Gasteiger partial charge in [-0.15, -0.1) is 6.42 Å². The van der Waals surface area contributed by atoms with Gasteiger partial charge in [0.05, 0.1) is 18.5 Å². The van der Waals surface area contributed by atoms with Crippen molar-refractivity contribution in [3.8, 4) is 12.3 Å². The number of rotatable bonds is 4. The first-order valence-corrected chi connectivity index (χ1v) is 6.57. The molecule has 1 N–H and O–H groups in total. The molecule has 0 unspecified atom stereocenters. The minimum atomic E-state index is -0.860. The second-order valence-corrected chi connectivity index (χ2v) is 5.26. The van der Waals surface area contributed by atoms with Gasteiger partial charge in [-0.2, -0.15) is 0 Å². The lowest BCUT2D eigenvalue weighted by Crippen LogP contribution is -2.55. The summed E-state index contributed by atoms with van der Waals surface area (Å²) in [5, 5.41) is 9.12. The summed E-state index contributed by atoms with van der Waals surface area (Å²) in [7, 11) is 3.32. The number of hydrogen-bond donors (Lipinski definition) is 1. The number of carboxylic acid groups (broad SMARTS) is 1. The van der Waals surface area contributed by atoms with E-state index in [0.717, 1.165) is 32.1 Å². The fraction of sp³-hybridized carbons (Fsp3) is 0.714. The predicted octanol–water partition coefficient (Wildman–Crippen LogP) is 1.78. The van der Waals surface area contributed by atoms with E-state index in [2.05, 4.69) is 5.92 Å². The monoisotopic (exact) mass is 266 g/mol. The lowest BCUT2D eigenvalue weighted by atomic mass is 9.78. The molecule has 0 radical (unpaired) electrons. The van der Waals surface area contributed by atoms with Gasteiger partial charge in [0.25, 0.3) is 0 Å². The van der Waals surface area contributed by atoms with E-state index in [4.69, 9.17) is 11.5 Å². The first-order valence-electron chi connectivity index (χ1n) is 6.57. The number of carbonyl (C=O) groups is 2. The normalized spacial score (nSPS) is 17.3. The smallest absolute Gasteiger partial charge is 0.320 e. The highest BCUT2D eigenvalue weighted by Crippen LogP contribution is 2.36. The molecular formula is C14H22N2O3. The summed E-state index contributed by atoms with van der Waals surface area (Å²) in [6.07, 6.45) is 9.71. The van der Waals surface area contributed by atoms with Crippen LogP contribution in [0.25, 0.3) is 0 Å². The zero-order valence-electron chi connectivity index (χ0n) is 11.7. The van der Waals surface area contributed by atoms with Crippen molar-refractivity contribution in [2.24, 2.45) is 0 Å². The SMILES string of the molecule is C#CCN(C)C(=O)N(C)C1(CC(=O)O)CCCCC1. The molecule has 0 aromatic heterocycles. The highest BCUT2D eigenvalue weighted by molar-refractivity contribution is 5.77. The molecule has 1 fully saturated rings. The minimum Gasteiger partial charge on any atom is -0.481 e. The lowest BCUT2D eigenvalue weighted by molar-refractivity contribution is -0.140. The summed E-state index contributed by atoms with van der Waals surface area (Å²) in [5.41, 5.74) is -0.565. The highest BCUT2D eigenvalue weighted by atomic mass is 16.4. The molecular weight excluding hydrogens is 244 g/mol. The molecule has 106 valence electrons. The molecule has 0 aromatic rings. The molecule has 5 nitrogen and oxygen atoms in total. The van der Waals surface area contributed by atoms with Crippen molar-refractivity contribution in [3.05, 3.63) is 0 Å². The molecule has 5 heteroatoms. The summed E-state index contributed by atoms with van der Waals surface area (Å²) in [6, 6.07) is -0.207. The molecule has 1 aliphatic carbocycles. The third kappa shape index (κ3) is 3.63. The molecule has 19 heavy (non-hydrogen) atoms. The van der Waals surface area contributed by atoms with Crippen molar-refractivity contribution >= 4 is 12.0 Å². The van der Waals surface area contributed by atoms with Gasteiger partial charge in [0.2, 0.25) is 0 Å². The van der Waals surface area contributed by atoms with Crippen LogP contribution in [0.2, 0.25) is 0 Å². The van der Waals surface area contributed by atoms with Crippen LogP contribution >= 0.6 is 0 Å². The first-order chi connectivity index (χ1) is 8.93. The molecule has 0 saturated heterocycles. The van der Waals surface area contributed by atoms with Crippen molar-refractivity contribution < 1.29 is 14.7 Å². The van der Waals surface area contributed by atoms with Crippen LogP contribution in [0.5, 0.6) is 0 Å². The summed E-state index contributed by atoms with van der Waals surface area (Å²) < 4.78 is 0. The van der Waals surface area contributed by atoms with Crippen molar-refractivity contribution in [3.63, 3.8) is 0 Å². The number of urea groups is 1. The van der Waals surface area contributed by atoms with Gasteiger partial charge >= 0.3 is 12.0 Å². The highest BCUT2D eigenvalue weighted by Gasteiger charge is 2.41. The van der Waals surface area contributed by atoms with E-state index in [-0.39, 0.29) is 19.0 Å². The Balaban J connectivity index is 2.88. The quantitative estimate of drug-likeness (QED) is 0.789. The third-order valence-electron chi connectivity index (χ3n) is 3.92. The number of nitrogens with zero attached hydrogens (tertiary/aromatic N) is 2. The first kappa shape index (κ1) is 15.4. The van der Waals surface area contributed by atoms with Crippen LogP contribution in [0.3, 0.4) is 0 Å². The zero-order chi connectivity index (χ0) is 14.5. The van der Waals surface area contributed by atoms with Gasteiger partial charge in [-0.25, -0.2) is 4.79 Å². The van der Waals surface area contributed by atoms with Crippen LogP contribution in [0, 0.1) is 12.3 Å². The zero-order valence-corrected chi connectivity index (χ0v) is 11.7. The molecule has 1 aliphatic rings. The Morgan fingerprint density at radius 1 is 1.26 bits per heavy atom. The fourth-order valence-corrected chi connectivity index (χ4v) is 2.79. The van der Waals surface area contributed by atoms with E-state index in [1.807, 2.05) is 0 Å². The Morgan fingerprint density at radius 3 is 2.32 bits per heavy atom. The van der Waals surface area contributed by atoms with Gasteiger partial charge in [0.1, 0.15) is 0 Å². The van der Waals surface area contributed by atoms with E-state index in [9.17, 15) is 9.59 Å². The molecule has 1 rings (SSSR count). The number of carbonyl (C=O) groups excluding carboxylic acids is 1. The molecule has 2 amide bonds. The van der Waals surface area contributed by atoms with E-state index < -0.39 is 11.5 Å². The molecule has 0 spiro atoms. The third-order valence-corrected chi connectivity index (χ3v) is 3.92. The van der Waals surface area contributed by atoms with Gasteiger partial charge in [-0.3, -0.25) is 4.79 Å². The topological polar surface area (TPSA) is 60.9 Å². The molecule has 0 atom stereocenters. The standard InChI is InChI=1S/C14H22N2O3/c1-4-10-15(2)13(19)16(3)14(11-12(17)18)8-6-5-7-9-14/h1H,5-11H2,2-3H3,(H,17,18). The van der Waals surface area contributed by atoms with Crippen LogP contribution in [0.4, 0.5) is 4.79 Å². The number of amides is 2. The average molecular weight is 266 g/mol. The van der Waals surface area contributed by atoms with Crippen LogP contribution in [0.1, 0.15) is 38.5 Å². The second kappa shape index (κ2) is 6.46. The van der Waals surface area contributed by atoms with E-state index in [1.54, 1.807) is 19.0 Å². The van der Waals surface area contributed by atoms with E-state index in [1.165, 1.54) is 4.90 Å². The largest absolute Gasteiger partial charge is 0.481 e. The minimum absolute atomic E-state index is 0.000860. The maximum Gasteiger partial charge on any atom is 0.320 e.